The third-order valence-electron chi connectivity index (χ3n) is 7.29. The first-order chi connectivity index (χ1) is 16.2. The molecule has 1 unspecified atom stereocenters. The highest BCUT2D eigenvalue weighted by Crippen LogP contribution is 2.33. The van der Waals surface area contributed by atoms with E-state index in [0.29, 0.717) is 24.9 Å². The Bertz CT molecular complexity index is 1330. The van der Waals surface area contributed by atoms with E-state index in [0.717, 1.165) is 60.7 Å². The molecule has 4 aromatic rings. The van der Waals surface area contributed by atoms with Crippen LogP contribution in [0.1, 0.15) is 48.8 Å². The first kappa shape index (κ1) is 20.3. The third kappa shape index (κ3) is 3.56. The van der Waals surface area contributed by atoms with Crippen molar-refractivity contribution in [2.75, 3.05) is 19.6 Å². The first-order valence-corrected chi connectivity index (χ1v) is 11.9. The number of furan rings is 1. The van der Waals surface area contributed by atoms with Crippen molar-refractivity contribution in [3.05, 3.63) is 70.8 Å². The second-order valence-corrected chi connectivity index (χ2v) is 9.20. The largest absolute Gasteiger partial charge is 0.451 e. The number of aromatic amines is 1. The number of nitrogens with one attached hydrogen (secondary N) is 1. The normalized spacial score (nSPS) is 20.6. The van der Waals surface area contributed by atoms with Crippen LogP contribution in [0.15, 0.2) is 63.8 Å². The molecule has 7 nitrogen and oxygen atoms in total. The highest BCUT2D eigenvalue weighted by atomic mass is 16.3. The number of carbonyl (C=O) groups excluding carboxylic acids is 1. The molecule has 2 aromatic heterocycles. The van der Waals surface area contributed by atoms with Crippen LogP contribution >= 0.6 is 0 Å². The summed E-state index contributed by atoms with van der Waals surface area (Å²) >= 11 is 0. The fourth-order valence-electron chi connectivity index (χ4n) is 5.65. The number of aromatic nitrogens is 2. The number of hydrogen-bond donors (Lipinski definition) is 1. The fourth-order valence-corrected chi connectivity index (χ4v) is 5.65. The summed E-state index contributed by atoms with van der Waals surface area (Å²) in [6, 6.07) is 17.8. The number of carbonyl (C=O) groups is 1. The van der Waals surface area contributed by atoms with Crippen molar-refractivity contribution in [2.24, 2.45) is 0 Å². The van der Waals surface area contributed by atoms with Crippen molar-refractivity contribution in [1.82, 2.24) is 19.4 Å². The van der Waals surface area contributed by atoms with Gasteiger partial charge in [0.15, 0.2) is 5.76 Å². The lowest BCUT2D eigenvalue weighted by Gasteiger charge is -2.44. The van der Waals surface area contributed by atoms with Gasteiger partial charge in [-0.05, 0) is 56.4 Å². The predicted molar refractivity (Wildman–Crippen MR) is 127 cm³/mol. The number of benzene rings is 2. The van der Waals surface area contributed by atoms with Crippen molar-refractivity contribution in [3.8, 4) is 0 Å². The lowest BCUT2D eigenvalue weighted by Crippen LogP contribution is -2.51. The molecule has 0 saturated carbocycles. The van der Waals surface area contributed by atoms with Crippen LogP contribution in [0.5, 0.6) is 0 Å². The number of imidazole rings is 1. The van der Waals surface area contributed by atoms with Gasteiger partial charge in [0.25, 0.3) is 5.91 Å². The molecule has 0 spiro atoms. The van der Waals surface area contributed by atoms with Crippen molar-refractivity contribution in [2.45, 2.75) is 44.3 Å². The van der Waals surface area contributed by atoms with Gasteiger partial charge in [0.2, 0.25) is 0 Å². The molecule has 4 heterocycles. The SMILES string of the molecule is O=C(c1cc2ccccc2o1)N1CCC(N2CCCCC2n2c(=O)[nH]c3ccccc32)CC1. The fraction of sp³-hybridized carbons (Fsp3) is 0.385. The molecule has 0 bridgehead atoms. The summed E-state index contributed by atoms with van der Waals surface area (Å²) in [5.41, 5.74) is 2.57. The quantitative estimate of drug-likeness (QED) is 0.509. The van der Waals surface area contributed by atoms with Gasteiger partial charge in [0.1, 0.15) is 5.58 Å². The number of amides is 1. The average Bonchev–Trinajstić information content (AvgIpc) is 3.44. The molecule has 2 saturated heterocycles. The van der Waals surface area contributed by atoms with E-state index in [-0.39, 0.29) is 17.8 Å². The van der Waals surface area contributed by atoms with Gasteiger partial charge >= 0.3 is 5.69 Å². The van der Waals surface area contributed by atoms with Crippen LogP contribution in [-0.4, -0.2) is 50.9 Å². The van der Waals surface area contributed by atoms with Crippen LogP contribution in [0.25, 0.3) is 22.0 Å². The number of piperidine rings is 2. The molecule has 1 amide bonds. The Balaban J connectivity index is 1.20. The second kappa shape index (κ2) is 8.23. The number of para-hydroxylation sites is 3. The van der Waals surface area contributed by atoms with Gasteiger partial charge in [-0.2, -0.15) is 0 Å². The summed E-state index contributed by atoms with van der Waals surface area (Å²) in [4.78, 5) is 33.4. The molecule has 1 atom stereocenters. The number of hydrogen-bond acceptors (Lipinski definition) is 4. The Hall–Kier alpha value is -3.32. The number of likely N-dealkylation sites (tertiary alicyclic amines) is 2. The summed E-state index contributed by atoms with van der Waals surface area (Å²) in [6.45, 7) is 2.39. The topological polar surface area (TPSA) is 74.5 Å². The molecule has 7 heteroatoms. The maximum absolute atomic E-state index is 13.1. The first-order valence-electron chi connectivity index (χ1n) is 11.9. The molecule has 0 aliphatic carbocycles. The molecule has 6 rings (SSSR count). The maximum atomic E-state index is 13.1. The average molecular weight is 445 g/mol. The van der Waals surface area contributed by atoms with Crippen LogP contribution in [0.2, 0.25) is 0 Å². The van der Waals surface area contributed by atoms with Gasteiger partial charge < -0.3 is 14.3 Å². The van der Waals surface area contributed by atoms with Crippen LogP contribution in [0, 0.1) is 0 Å². The van der Waals surface area contributed by atoms with E-state index in [1.165, 1.54) is 0 Å². The molecule has 2 aromatic carbocycles. The number of fused-ring (bicyclic) bond motifs is 2. The summed E-state index contributed by atoms with van der Waals surface area (Å²) < 4.78 is 7.75. The van der Waals surface area contributed by atoms with Crippen LogP contribution in [-0.2, 0) is 0 Å². The zero-order chi connectivity index (χ0) is 22.4. The van der Waals surface area contributed by atoms with Gasteiger partial charge in [-0.1, -0.05) is 30.3 Å². The molecule has 1 N–H and O–H groups in total. The molecule has 0 radical (unpaired) electrons. The highest BCUT2D eigenvalue weighted by molar-refractivity contribution is 5.96. The van der Waals surface area contributed by atoms with E-state index in [9.17, 15) is 9.59 Å². The standard InChI is InChI=1S/C26H28N4O3/c31-25(23-17-18-7-1-4-10-22(18)33-23)28-15-12-19(13-16-28)29-14-6-5-11-24(29)30-21-9-3-2-8-20(21)27-26(30)32/h1-4,7-10,17,19,24H,5-6,11-16H2,(H,27,32). The highest BCUT2D eigenvalue weighted by Gasteiger charge is 2.35. The minimum absolute atomic E-state index is 0.0345. The van der Waals surface area contributed by atoms with Gasteiger partial charge in [-0.3, -0.25) is 14.3 Å². The van der Waals surface area contributed by atoms with E-state index in [1.54, 1.807) is 0 Å². The van der Waals surface area contributed by atoms with Gasteiger partial charge in [-0.25, -0.2) is 4.79 Å². The van der Waals surface area contributed by atoms with E-state index in [2.05, 4.69) is 9.88 Å². The van der Waals surface area contributed by atoms with E-state index < -0.39 is 0 Å². The van der Waals surface area contributed by atoms with E-state index in [1.807, 2.05) is 64.1 Å². The molecular formula is C26H28N4O3. The minimum Gasteiger partial charge on any atom is -0.451 e. The Labute approximate surface area is 191 Å². The zero-order valence-electron chi connectivity index (χ0n) is 18.6. The summed E-state index contributed by atoms with van der Waals surface area (Å²) in [5.74, 6) is 0.378. The molecule has 2 aliphatic rings. The third-order valence-corrected chi connectivity index (χ3v) is 7.29. The molecule has 2 fully saturated rings. The molecule has 33 heavy (non-hydrogen) atoms. The lowest BCUT2D eigenvalue weighted by molar-refractivity contribution is 0.0174. The number of H-pyrrole nitrogens is 1. The molecule has 170 valence electrons. The van der Waals surface area contributed by atoms with Gasteiger partial charge in [0.05, 0.1) is 17.2 Å². The van der Waals surface area contributed by atoms with Gasteiger partial charge in [0, 0.05) is 31.1 Å². The maximum Gasteiger partial charge on any atom is 0.327 e. The lowest BCUT2D eigenvalue weighted by atomic mass is 9.97. The van der Waals surface area contributed by atoms with Gasteiger partial charge in [-0.15, -0.1) is 0 Å². The number of nitrogens with zero attached hydrogens (tertiary/aromatic N) is 3. The Morgan fingerprint density at radius 2 is 1.73 bits per heavy atom. The van der Waals surface area contributed by atoms with Crippen molar-refractivity contribution < 1.29 is 9.21 Å². The Morgan fingerprint density at radius 1 is 0.939 bits per heavy atom. The molecular weight excluding hydrogens is 416 g/mol. The monoisotopic (exact) mass is 444 g/mol. The molecule has 2 aliphatic heterocycles. The smallest absolute Gasteiger partial charge is 0.327 e. The van der Waals surface area contributed by atoms with Crippen molar-refractivity contribution >= 4 is 27.9 Å². The summed E-state index contributed by atoms with van der Waals surface area (Å²) in [5, 5.41) is 0.955. The van der Waals surface area contributed by atoms with Crippen molar-refractivity contribution in [1.29, 1.82) is 0 Å². The van der Waals surface area contributed by atoms with E-state index >= 15 is 0 Å². The summed E-state index contributed by atoms with van der Waals surface area (Å²) in [6.07, 6.45) is 5.10. The predicted octanol–water partition coefficient (Wildman–Crippen LogP) is 4.37. The zero-order valence-corrected chi connectivity index (χ0v) is 18.6. The van der Waals surface area contributed by atoms with E-state index in [4.69, 9.17) is 4.42 Å². The summed E-state index contributed by atoms with van der Waals surface area (Å²) in [7, 11) is 0. The number of rotatable bonds is 3. The Morgan fingerprint density at radius 3 is 2.58 bits per heavy atom. The second-order valence-electron chi connectivity index (χ2n) is 9.20. The van der Waals surface area contributed by atoms with Crippen LogP contribution in [0.3, 0.4) is 0 Å². The van der Waals surface area contributed by atoms with Crippen LogP contribution < -0.4 is 5.69 Å². The minimum atomic E-state index is -0.0365. The van der Waals surface area contributed by atoms with Crippen molar-refractivity contribution in [3.63, 3.8) is 0 Å². The van der Waals surface area contributed by atoms with Crippen LogP contribution in [0.4, 0.5) is 0 Å². The Kier molecular flexibility index (Phi) is 5.06.